The van der Waals surface area contributed by atoms with Crippen LogP contribution in [0.4, 0.5) is 10.1 Å². The van der Waals surface area contributed by atoms with Gasteiger partial charge in [-0.15, -0.1) is 0 Å². The number of carbonyl (C=O) groups is 2. The van der Waals surface area contributed by atoms with E-state index in [-0.39, 0.29) is 13.1 Å². The van der Waals surface area contributed by atoms with E-state index in [0.717, 1.165) is 20.4 Å². The van der Waals surface area contributed by atoms with Crippen LogP contribution in [0.3, 0.4) is 0 Å². The van der Waals surface area contributed by atoms with Gasteiger partial charge in [0, 0.05) is 16.7 Å². The van der Waals surface area contributed by atoms with Gasteiger partial charge in [0.15, 0.2) is 0 Å². The molecule has 10 heteroatoms. The summed E-state index contributed by atoms with van der Waals surface area (Å²) in [7, 11) is -4.17. The van der Waals surface area contributed by atoms with Crippen molar-refractivity contribution in [2.75, 3.05) is 18.4 Å². The normalized spacial score (nSPS) is 17.0. The number of amides is 2. The first-order valence-electron chi connectivity index (χ1n) is 9.30. The second kappa shape index (κ2) is 9.23. The molecule has 7 nitrogen and oxygen atoms in total. The fourth-order valence-electron chi connectivity index (χ4n) is 3.32. The second-order valence-corrected chi connectivity index (χ2v) is 9.70. The Morgan fingerprint density at radius 2 is 1.97 bits per heavy atom. The number of halogens is 2. The maximum Gasteiger partial charge on any atom is 0.246 e. The van der Waals surface area contributed by atoms with Crippen LogP contribution in [0.1, 0.15) is 18.4 Å². The van der Waals surface area contributed by atoms with Crippen LogP contribution >= 0.6 is 15.9 Å². The summed E-state index contributed by atoms with van der Waals surface area (Å²) in [5, 5.41) is 5.19. The van der Waals surface area contributed by atoms with Gasteiger partial charge in [0.05, 0.1) is 6.54 Å². The quantitative estimate of drug-likeness (QED) is 0.641. The highest BCUT2D eigenvalue weighted by Crippen LogP contribution is 2.27. The number of hydrogen-bond acceptors (Lipinski definition) is 4. The molecular formula is C20H21BrFN3O4S. The number of benzene rings is 2. The van der Waals surface area contributed by atoms with E-state index in [0.29, 0.717) is 18.5 Å². The fraction of sp³-hybridized carbons (Fsp3) is 0.300. The average molecular weight is 498 g/mol. The molecule has 1 aliphatic rings. The molecule has 0 spiro atoms. The van der Waals surface area contributed by atoms with Gasteiger partial charge in [0.1, 0.15) is 16.8 Å². The summed E-state index contributed by atoms with van der Waals surface area (Å²) >= 11 is 3.35. The van der Waals surface area contributed by atoms with Crippen LogP contribution in [-0.4, -0.2) is 43.7 Å². The molecule has 2 aromatic carbocycles. The first kappa shape index (κ1) is 22.4. The zero-order valence-electron chi connectivity index (χ0n) is 16.2. The SMILES string of the molecule is Cc1cc(Br)ccc1NC(=O)CNC(=O)C1CCCN1S(=O)(=O)c1ccccc1F. The Hall–Kier alpha value is -2.30. The molecule has 0 aliphatic carbocycles. The van der Waals surface area contributed by atoms with E-state index in [1.165, 1.54) is 18.2 Å². The maximum atomic E-state index is 14.0. The molecule has 2 N–H and O–H groups in total. The van der Waals surface area contributed by atoms with Crippen molar-refractivity contribution in [3.8, 4) is 0 Å². The minimum atomic E-state index is -4.17. The summed E-state index contributed by atoms with van der Waals surface area (Å²) in [6.45, 7) is 1.64. The molecule has 0 radical (unpaired) electrons. The highest BCUT2D eigenvalue weighted by molar-refractivity contribution is 9.10. The number of anilines is 1. The van der Waals surface area contributed by atoms with E-state index >= 15 is 0 Å². The molecule has 160 valence electrons. The van der Waals surface area contributed by atoms with Crippen molar-refractivity contribution >= 4 is 43.5 Å². The van der Waals surface area contributed by atoms with Gasteiger partial charge in [0.2, 0.25) is 21.8 Å². The molecule has 0 aromatic heterocycles. The van der Waals surface area contributed by atoms with Crippen molar-refractivity contribution in [1.29, 1.82) is 0 Å². The summed E-state index contributed by atoms with van der Waals surface area (Å²) in [6, 6.07) is 9.43. The number of sulfonamides is 1. The summed E-state index contributed by atoms with van der Waals surface area (Å²) < 4.78 is 41.6. The molecule has 1 saturated heterocycles. The van der Waals surface area contributed by atoms with E-state index < -0.39 is 38.6 Å². The molecule has 0 saturated carbocycles. The van der Waals surface area contributed by atoms with Crippen LogP contribution in [-0.2, 0) is 19.6 Å². The van der Waals surface area contributed by atoms with Crippen LogP contribution in [0.15, 0.2) is 51.8 Å². The van der Waals surface area contributed by atoms with Crippen molar-refractivity contribution < 1.29 is 22.4 Å². The molecule has 1 fully saturated rings. The second-order valence-electron chi connectivity index (χ2n) is 6.93. The van der Waals surface area contributed by atoms with E-state index in [4.69, 9.17) is 0 Å². The molecule has 3 rings (SSSR count). The molecule has 2 amide bonds. The van der Waals surface area contributed by atoms with Crippen LogP contribution in [0, 0.1) is 12.7 Å². The van der Waals surface area contributed by atoms with E-state index in [1.807, 2.05) is 13.0 Å². The standard InChI is InChI=1S/C20H21BrFN3O4S/c1-13-11-14(21)8-9-16(13)24-19(26)12-23-20(27)17-6-4-10-25(17)30(28,29)18-7-3-2-5-15(18)22/h2-3,5,7-9,11,17H,4,6,10,12H2,1H3,(H,23,27)(H,24,26). The summed E-state index contributed by atoms with van der Waals surface area (Å²) in [4.78, 5) is 24.3. The zero-order valence-corrected chi connectivity index (χ0v) is 18.6. The minimum absolute atomic E-state index is 0.110. The van der Waals surface area contributed by atoms with Crippen molar-refractivity contribution in [3.05, 3.63) is 58.3 Å². The largest absolute Gasteiger partial charge is 0.346 e. The van der Waals surface area contributed by atoms with E-state index in [1.54, 1.807) is 12.1 Å². The van der Waals surface area contributed by atoms with Gasteiger partial charge in [0.25, 0.3) is 0 Å². The third kappa shape index (κ3) is 4.88. The molecule has 1 heterocycles. The number of rotatable bonds is 6. The highest BCUT2D eigenvalue weighted by atomic mass is 79.9. The van der Waals surface area contributed by atoms with E-state index in [2.05, 4.69) is 26.6 Å². The van der Waals surface area contributed by atoms with Gasteiger partial charge in [-0.05, 0) is 55.7 Å². The third-order valence-corrected chi connectivity index (χ3v) is 7.25. The monoisotopic (exact) mass is 497 g/mol. The summed E-state index contributed by atoms with van der Waals surface area (Å²) in [5.74, 6) is -1.89. The first-order chi connectivity index (χ1) is 14.2. The number of hydrogen-bond donors (Lipinski definition) is 2. The Morgan fingerprint density at radius 1 is 1.23 bits per heavy atom. The van der Waals surface area contributed by atoms with Gasteiger partial charge >= 0.3 is 0 Å². The number of aryl methyl sites for hydroxylation is 1. The maximum absolute atomic E-state index is 14.0. The van der Waals surface area contributed by atoms with Gasteiger partial charge in [-0.3, -0.25) is 9.59 Å². The Labute approximate surface area is 182 Å². The van der Waals surface area contributed by atoms with Crippen molar-refractivity contribution in [2.24, 2.45) is 0 Å². The lowest BCUT2D eigenvalue weighted by Crippen LogP contribution is -2.47. The summed E-state index contributed by atoms with van der Waals surface area (Å²) in [5.41, 5.74) is 1.46. The lowest BCUT2D eigenvalue weighted by atomic mass is 10.2. The van der Waals surface area contributed by atoms with E-state index in [9.17, 15) is 22.4 Å². The predicted molar refractivity (Wildman–Crippen MR) is 114 cm³/mol. The predicted octanol–water partition coefficient (Wildman–Crippen LogP) is 2.80. The van der Waals surface area contributed by atoms with Crippen LogP contribution in [0.5, 0.6) is 0 Å². The molecule has 0 bridgehead atoms. The smallest absolute Gasteiger partial charge is 0.246 e. The van der Waals surface area contributed by atoms with Crippen LogP contribution in [0.25, 0.3) is 0 Å². The van der Waals surface area contributed by atoms with Gasteiger partial charge in [-0.2, -0.15) is 4.31 Å². The minimum Gasteiger partial charge on any atom is -0.346 e. The molecule has 1 atom stereocenters. The average Bonchev–Trinajstić information content (AvgIpc) is 3.19. The Morgan fingerprint density at radius 3 is 2.67 bits per heavy atom. The number of carbonyl (C=O) groups excluding carboxylic acids is 2. The molecule has 30 heavy (non-hydrogen) atoms. The molecular weight excluding hydrogens is 477 g/mol. The van der Waals surface area contributed by atoms with Crippen LogP contribution < -0.4 is 10.6 Å². The van der Waals surface area contributed by atoms with Crippen molar-refractivity contribution in [3.63, 3.8) is 0 Å². The van der Waals surface area contributed by atoms with Gasteiger partial charge in [-0.1, -0.05) is 28.1 Å². The zero-order chi connectivity index (χ0) is 21.9. The summed E-state index contributed by atoms with van der Waals surface area (Å²) in [6.07, 6.45) is 0.767. The lowest BCUT2D eigenvalue weighted by molar-refractivity contribution is -0.126. The number of nitrogens with one attached hydrogen (secondary N) is 2. The molecule has 1 unspecified atom stereocenters. The molecule has 1 aliphatic heterocycles. The molecule has 2 aromatic rings. The Bertz CT molecular complexity index is 1080. The topological polar surface area (TPSA) is 95.6 Å². The van der Waals surface area contributed by atoms with Gasteiger partial charge in [-0.25, -0.2) is 12.8 Å². The fourth-order valence-corrected chi connectivity index (χ4v) is 5.52. The lowest BCUT2D eigenvalue weighted by Gasteiger charge is -2.23. The van der Waals surface area contributed by atoms with Gasteiger partial charge < -0.3 is 10.6 Å². The van der Waals surface area contributed by atoms with Crippen LogP contribution in [0.2, 0.25) is 0 Å². The third-order valence-electron chi connectivity index (χ3n) is 4.82. The highest BCUT2D eigenvalue weighted by Gasteiger charge is 2.40. The van der Waals surface area contributed by atoms with Crippen molar-refractivity contribution in [2.45, 2.75) is 30.7 Å². The Balaban J connectivity index is 1.64. The Kier molecular flexibility index (Phi) is 6.89. The number of nitrogens with zero attached hydrogens (tertiary/aromatic N) is 1. The first-order valence-corrected chi connectivity index (χ1v) is 11.5. The van der Waals surface area contributed by atoms with Crippen molar-refractivity contribution in [1.82, 2.24) is 9.62 Å².